The van der Waals surface area contributed by atoms with Crippen LogP contribution in [0.25, 0.3) is 0 Å². The van der Waals surface area contributed by atoms with Crippen LogP contribution in [0.1, 0.15) is 31.2 Å². The van der Waals surface area contributed by atoms with Crippen LogP contribution in [-0.2, 0) is 0 Å². The predicted octanol–water partition coefficient (Wildman–Crippen LogP) is 2.43. The molecule has 18 heavy (non-hydrogen) atoms. The van der Waals surface area contributed by atoms with Gasteiger partial charge in [0, 0.05) is 12.1 Å². The number of hydrogen-bond donors (Lipinski definition) is 2. The zero-order valence-corrected chi connectivity index (χ0v) is 10.5. The van der Waals surface area contributed by atoms with Crippen molar-refractivity contribution in [2.45, 2.75) is 37.8 Å². The lowest BCUT2D eigenvalue weighted by molar-refractivity contribution is 0.407. The summed E-state index contributed by atoms with van der Waals surface area (Å²) in [5.41, 5.74) is 5.91. The molecule has 2 atom stereocenters. The van der Waals surface area contributed by atoms with Crippen molar-refractivity contribution in [2.75, 3.05) is 5.32 Å². The van der Waals surface area contributed by atoms with Gasteiger partial charge in [0.2, 0.25) is 0 Å². The summed E-state index contributed by atoms with van der Waals surface area (Å²) in [6.07, 6.45) is 3.75. The van der Waals surface area contributed by atoms with Crippen molar-refractivity contribution in [2.24, 2.45) is 5.73 Å². The minimum Gasteiger partial charge on any atom is -0.365 e. The number of aromatic nitrogens is 1. The molecule has 0 saturated heterocycles. The maximum atomic E-state index is 13.7. The zero-order chi connectivity index (χ0) is 13.1. The quantitative estimate of drug-likeness (QED) is 0.808. The number of nitrogens with zero attached hydrogens (tertiary/aromatic N) is 2. The van der Waals surface area contributed by atoms with E-state index in [0.717, 1.165) is 31.7 Å². The molecule has 0 spiro atoms. The van der Waals surface area contributed by atoms with Crippen molar-refractivity contribution >= 4 is 17.4 Å². The third-order valence-electron chi connectivity index (χ3n) is 3.11. The molecule has 0 aliphatic heterocycles. The Kier molecular flexibility index (Phi) is 4.00. The first-order valence-electron chi connectivity index (χ1n) is 5.88. The van der Waals surface area contributed by atoms with Crippen molar-refractivity contribution < 1.29 is 4.39 Å². The van der Waals surface area contributed by atoms with Gasteiger partial charge in [-0.15, -0.1) is 0 Å². The van der Waals surface area contributed by atoms with Crippen molar-refractivity contribution in [3.05, 3.63) is 22.6 Å². The largest absolute Gasteiger partial charge is 0.365 e. The Bertz CT molecular complexity index is 486. The van der Waals surface area contributed by atoms with Gasteiger partial charge in [0.25, 0.3) is 0 Å². The lowest BCUT2D eigenvalue weighted by Crippen LogP contribution is -2.35. The van der Waals surface area contributed by atoms with E-state index >= 15 is 0 Å². The lowest BCUT2D eigenvalue weighted by Gasteiger charge is -2.27. The molecule has 1 aliphatic carbocycles. The highest BCUT2D eigenvalue weighted by molar-refractivity contribution is 6.30. The molecule has 2 rings (SSSR count). The van der Waals surface area contributed by atoms with Gasteiger partial charge in [0.15, 0.2) is 11.6 Å². The van der Waals surface area contributed by atoms with Crippen LogP contribution in [0.15, 0.2) is 6.07 Å². The molecule has 0 bridgehead atoms. The van der Waals surface area contributed by atoms with E-state index in [1.807, 2.05) is 0 Å². The van der Waals surface area contributed by atoms with Crippen LogP contribution in [0, 0.1) is 17.1 Å². The molecule has 3 N–H and O–H groups in total. The molecule has 1 heterocycles. The van der Waals surface area contributed by atoms with E-state index in [1.54, 1.807) is 6.07 Å². The van der Waals surface area contributed by atoms with Gasteiger partial charge in [-0.25, -0.2) is 9.37 Å². The normalized spacial score (nSPS) is 23.4. The fourth-order valence-electron chi connectivity index (χ4n) is 2.20. The molecule has 1 aromatic heterocycles. The molecule has 0 unspecified atom stereocenters. The second-order valence-electron chi connectivity index (χ2n) is 4.54. The van der Waals surface area contributed by atoms with E-state index in [4.69, 9.17) is 22.6 Å². The summed E-state index contributed by atoms with van der Waals surface area (Å²) in [4.78, 5) is 3.88. The molecule has 0 radical (unpaired) electrons. The standard InChI is InChI=1S/C12H14ClFN4/c13-11-7(6-15)4-10(14)12(18-11)17-9-3-1-2-8(16)5-9/h4,8-9H,1-3,5,16H2,(H,17,18)/t8-,9+/m0/s1. The van der Waals surface area contributed by atoms with Crippen molar-refractivity contribution in [3.8, 4) is 6.07 Å². The first-order valence-corrected chi connectivity index (χ1v) is 6.26. The topological polar surface area (TPSA) is 74.7 Å². The average Bonchev–Trinajstić information content (AvgIpc) is 2.33. The summed E-state index contributed by atoms with van der Waals surface area (Å²) >= 11 is 5.78. The van der Waals surface area contributed by atoms with Gasteiger partial charge in [-0.05, 0) is 31.7 Å². The molecule has 1 aliphatic rings. The Morgan fingerprint density at radius 3 is 3.00 bits per heavy atom. The lowest BCUT2D eigenvalue weighted by atomic mass is 9.91. The number of halogens is 2. The van der Waals surface area contributed by atoms with Gasteiger partial charge in [-0.1, -0.05) is 11.6 Å². The summed E-state index contributed by atoms with van der Waals surface area (Å²) in [5, 5.41) is 11.7. The van der Waals surface area contributed by atoms with Crippen molar-refractivity contribution in [1.29, 1.82) is 5.26 Å². The zero-order valence-electron chi connectivity index (χ0n) is 9.79. The monoisotopic (exact) mass is 268 g/mol. The summed E-state index contributed by atoms with van der Waals surface area (Å²) < 4.78 is 13.7. The average molecular weight is 269 g/mol. The molecule has 6 heteroatoms. The van der Waals surface area contributed by atoms with Crippen molar-refractivity contribution in [1.82, 2.24) is 4.98 Å². The molecule has 1 aromatic rings. The predicted molar refractivity (Wildman–Crippen MR) is 67.8 cm³/mol. The molecule has 0 aromatic carbocycles. The molecule has 96 valence electrons. The highest BCUT2D eigenvalue weighted by Crippen LogP contribution is 2.24. The summed E-state index contributed by atoms with van der Waals surface area (Å²) in [6.45, 7) is 0. The molecule has 0 amide bonds. The minimum atomic E-state index is -0.560. The van der Waals surface area contributed by atoms with E-state index in [-0.39, 0.29) is 28.6 Å². The highest BCUT2D eigenvalue weighted by Gasteiger charge is 2.21. The summed E-state index contributed by atoms with van der Waals surface area (Å²) in [5.74, 6) is -0.465. The Balaban J connectivity index is 2.14. The first kappa shape index (κ1) is 13.1. The van der Waals surface area contributed by atoms with Gasteiger partial charge in [-0.3, -0.25) is 0 Å². The molecular formula is C12H14ClFN4. The van der Waals surface area contributed by atoms with Crippen LogP contribution in [0.3, 0.4) is 0 Å². The van der Waals surface area contributed by atoms with Gasteiger partial charge < -0.3 is 11.1 Å². The van der Waals surface area contributed by atoms with Crippen LogP contribution in [0.4, 0.5) is 10.2 Å². The van der Waals surface area contributed by atoms with E-state index in [1.165, 1.54) is 0 Å². The first-order chi connectivity index (χ1) is 8.60. The third kappa shape index (κ3) is 2.89. The van der Waals surface area contributed by atoms with Crippen LogP contribution >= 0.6 is 11.6 Å². The number of nitrogens with one attached hydrogen (secondary N) is 1. The number of nitrogens with two attached hydrogens (primary N) is 1. The van der Waals surface area contributed by atoms with E-state index < -0.39 is 5.82 Å². The number of pyridine rings is 1. The molecular weight excluding hydrogens is 255 g/mol. The number of hydrogen-bond acceptors (Lipinski definition) is 4. The van der Waals surface area contributed by atoms with Crippen LogP contribution in [0.2, 0.25) is 5.15 Å². The van der Waals surface area contributed by atoms with Gasteiger partial charge in [0.1, 0.15) is 11.2 Å². The summed E-state index contributed by atoms with van der Waals surface area (Å²) in [6, 6.07) is 3.15. The maximum absolute atomic E-state index is 13.7. The van der Waals surface area contributed by atoms with Gasteiger partial charge in [-0.2, -0.15) is 5.26 Å². The number of nitriles is 1. The Labute approximate surface area is 110 Å². The molecule has 1 saturated carbocycles. The van der Waals surface area contributed by atoms with E-state index in [2.05, 4.69) is 10.3 Å². The molecule has 1 fully saturated rings. The third-order valence-corrected chi connectivity index (χ3v) is 3.39. The highest BCUT2D eigenvalue weighted by atomic mass is 35.5. The van der Waals surface area contributed by atoms with E-state index in [0.29, 0.717) is 0 Å². The number of rotatable bonds is 2. The van der Waals surface area contributed by atoms with Crippen LogP contribution in [-0.4, -0.2) is 17.1 Å². The van der Waals surface area contributed by atoms with Gasteiger partial charge >= 0.3 is 0 Å². The fourth-order valence-corrected chi connectivity index (χ4v) is 2.38. The Hall–Kier alpha value is -1.38. The van der Waals surface area contributed by atoms with Crippen molar-refractivity contribution in [3.63, 3.8) is 0 Å². The maximum Gasteiger partial charge on any atom is 0.166 e. The second kappa shape index (κ2) is 5.51. The van der Waals surface area contributed by atoms with E-state index in [9.17, 15) is 4.39 Å². The Morgan fingerprint density at radius 2 is 2.33 bits per heavy atom. The second-order valence-corrected chi connectivity index (χ2v) is 4.89. The smallest absolute Gasteiger partial charge is 0.166 e. The number of anilines is 1. The fraction of sp³-hybridized carbons (Fsp3) is 0.500. The Morgan fingerprint density at radius 1 is 1.56 bits per heavy atom. The SMILES string of the molecule is N#Cc1cc(F)c(N[C@@H]2CCC[C@H](N)C2)nc1Cl. The summed E-state index contributed by atoms with van der Waals surface area (Å²) in [7, 11) is 0. The minimum absolute atomic E-state index is 0.0153. The van der Waals surface area contributed by atoms with Crippen LogP contribution < -0.4 is 11.1 Å². The molecule has 4 nitrogen and oxygen atoms in total. The van der Waals surface area contributed by atoms with Gasteiger partial charge in [0.05, 0.1) is 5.56 Å². The van der Waals surface area contributed by atoms with Crippen LogP contribution in [0.5, 0.6) is 0 Å².